The van der Waals surface area contributed by atoms with Gasteiger partial charge in [0.1, 0.15) is 6.61 Å². The summed E-state index contributed by atoms with van der Waals surface area (Å²) in [6, 6.07) is 16.5. The molecule has 0 aliphatic rings. The summed E-state index contributed by atoms with van der Waals surface area (Å²) < 4.78 is 7.30. The quantitative estimate of drug-likeness (QED) is 0.417. The fourth-order valence-electron chi connectivity index (χ4n) is 3.15. The minimum atomic E-state index is -1.08. The molecule has 1 amide bonds. The van der Waals surface area contributed by atoms with E-state index in [-0.39, 0.29) is 24.6 Å². The van der Waals surface area contributed by atoms with E-state index in [1.165, 1.54) is 10.7 Å². The van der Waals surface area contributed by atoms with Gasteiger partial charge in [-0.3, -0.25) is 9.59 Å². The van der Waals surface area contributed by atoms with Gasteiger partial charge < -0.3 is 20.3 Å². The van der Waals surface area contributed by atoms with Crippen LogP contribution in [0.25, 0.3) is 5.69 Å². The second kappa shape index (κ2) is 10.7. The van der Waals surface area contributed by atoms with Crippen LogP contribution in [0.15, 0.2) is 60.7 Å². The standard InChI is InChI=1S/C25H28ClN3O5/c1-25(2,3)21(30)15-34-22-13-20(28-29(22)16-9-5-4-6-10-16)24(33)27-19(14-23(31)32)17-11-7-8-12-18(17)26/h4-13,19,21,30H,14-15H2,1-3H3,(H,27,33)(H,31,32)/t19-,21+/m0/s1. The predicted molar refractivity (Wildman–Crippen MR) is 128 cm³/mol. The van der Waals surface area contributed by atoms with Crippen molar-refractivity contribution in [1.82, 2.24) is 15.1 Å². The largest absolute Gasteiger partial charge is 0.481 e. The van der Waals surface area contributed by atoms with Crippen molar-refractivity contribution in [1.29, 1.82) is 0 Å². The van der Waals surface area contributed by atoms with Crippen LogP contribution in [0.4, 0.5) is 0 Å². The minimum absolute atomic E-state index is 0.00431. The van der Waals surface area contributed by atoms with Gasteiger partial charge in [-0.15, -0.1) is 0 Å². The summed E-state index contributed by atoms with van der Waals surface area (Å²) in [5.74, 6) is -1.39. The first-order valence-electron chi connectivity index (χ1n) is 10.8. The van der Waals surface area contributed by atoms with Crippen LogP contribution in [-0.4, -0.2) is 44.6 Å². The second-order valence-electron chi connectivity index (χ2n) is 8.95. The van der Waals surface area contributed by atoms with Crippen molar-refractivity contribution in [2.45, 2.75) is 39.3 Å². The molecule has 0 aliphatic carbocycles. The summed E-state index contributed by atoms with van der Waals surface area (Å²) in [5.41, 5.74) is 0.797. The number of carboxylic acids is 1. The molecule has 2 atom stereocenters. The van der Waals surface area contributed by atoms with E-state index in [1.54, 1.807) is 36.4 Å². The van der Waals surface area contributed by atoms with Crippen LogP contribution in [0.3, 0.4) is 0 Å². The van der Waals surface area contributed by atoms with Crippen molar-refractivity contribution in [3.63, 3.8) is 0 Å². The maximum Gasteiger partial charge on any atom is 0.305 e. The number of hydrogen-bond acceptors (Lipinski definition) is 5. The lowest BCUT2D eigenvalue weighted by Crippen LogP contribution is -2.32. The van der Waals surface area contributed by atoms with E-state index in [4.69, 9.17) is 16.3 Å². The SMILES string of the molecule is CC(C)(C)[C@H](O)COc1cc(C(=O)N[C@@H](CC(=O)O)c2ccccc2Cl)nn1-c1ccccc1. The minimum Gasteiger partial charge on any atom is -0.481 e. The topological polar surface area (TPSA) is 114 Å². The molecule has 8 nitrogen and oxygen atoms in total. The Kier molecular flexibility index (Phi) is 7.96. The first-order valence-corrected chi connectivity index (χ1v) is 11.2. The van der Waals surface area contributed by atoms with Crippen LogP contribution in [0.1, 0.15) is 49.3 Å². The third-order valence-corrected chi connectivity index (χ3v) is 5.61. The molecule has 0 spiro atoms. The van der Waals surface area contributed by atoms with Crippen molar-refractivity contribution in [3.8, 4) is 11.6 Å². The highest BCUT2D eigenvalue weighted by Gasteiger charge is 2.26. The smallest absolute Gasteiger partial charge is 0.305 e. The molecular weight excluding hydrogens is 458 g/mol. The molecule has 0 aliphatic heterocycles. The molecule has 2 aromatic carbocycles. The second-order valence-corrected chi connectivity index (χ2v) is 9.36. The first-order chi connectivity index (χ1) is 16.1. The van der Waals surface area contributed by atoms with Crippen LogP contribution in [0.5, 0.6) is 5.88 Å². The van der Waals surface area contributed by atoms with E-state index in [0.29, 0.717) is 16.3 Å². The summed E-state index contributed by atoms with van der Waals surface area (Å²) >= 11 is 6.24. The average molecular weight is 486 g/mol. The lowest BCUT2D eigenvalue weighted by molar-refractivity contribution is -0.137. The van der Waals surface area contributed by atoms with Gasteiger partial charge in [0.25, 0.3) is 5.91 Å². The van der Waals surface area contributed by atoms with Crippen molar-refractivity contribution < 1.29 is 24.5 Å². The molecule has 0 unspecified atom stereocenters. The highest BCUT2D eigenvalue weighted by Crippen LogP contribution is 2.27. The van der Waals surface area contributed by atoms with E-state index in [9.17, 15) is 19.8 Å². The molecule has 0 bridgehead atoms. The average Bonchev–Trinajstić information content (AvgIpc) is 3.21. The Balaban J connectivity index is 1.90. The number of nitrogens with zero attached hydrogens (tertiary/aromatic N) is 2. The lowest BCUT2D eigenvalue weighted by Gasteiger charge is -2.25. The van der Waals surface area contributed by atoms with Crippen LogP contribution >= 0.6 is 11.6 Å². The summed E-state index contributed by atoms with van der Waals surface area (Å²) in [6.45, 7) is 5.69. The van der Waals surface area contributed by atoms with E-state index >= 15 is 0 Å². The highest BCUT2D eigenvalue weighted by molar-refractivity contribution is 6.31. The van der Waals surface area contributed by atoms with Gasteiger partial charge in [0.05, 0.1) is 24.3 Å². The zero-order valence-electron chi connectivity index (χ0n) is 19.2. The van der Waals surface area contributed by atoms with Gasteiger partial charge in [-0.25, -0.2) is 4.68 Å². The molecule has 3 rings (SSSR count). The summed E-state index contributed by atoms with van der Waals surface area (Å²) in [6.07, 6.45) is -1.10. The number of aliphatic hydroxyl groups excluding tert-OH is 1. The highest BCUT2D eigenvalue weighted by atomic mass is 35.5. The third kappa shape index (κ3) is 6.36. The Morgan fingerprint density at radius 3 is 2.38 bits per heavy atom. The molecular formula is C25H28ClN3O5. The molecule has 0 saturated carbocycles. The number of hydrogen-bond donors (Lipinski definition) is 3. The Morgan fingerprint density at radius 2 is 1.76 bits per heavy atom. The Morgan fingerprint density at radius 1 is 1.12 bits per heavy atom. The number of nitrogens with one attached hydrogen (secondary N) is 1. The number of carbonyl (C=O) groups is 2. The predicted octanol–water partition coefficient (Wildman–Crippen LogP) is 4.26. The number of halogens is 1. The van der Waals surface area contributed by atoms with E-state index in [2.05, 4.69) is 10.4 Å². The van der Waals surface area contributed by atoms with E-state index < -0.39 is 29.4 Å². The number of aliphatic hydroxyl groups is 1. The van der Waals surface area contributed by atoms with Gasteiger partial charge in [-0.05, 0) is 29.2 Å². The van der Waals surface area contributed by atoms with Crippen LogP contribution in [-0.2, 0) is 4.79 Å². The number of para-hydroxylation sites is 1. The molecule has 9 heteroatoms. The van der Waals surface area contributed by atoms with Crippen molar-refractivity contribution in [2.24, 2.45) is 5.41 Å². The summed E-state index contributed by atoms with van der Waals surface area (Å²) in [7, 11) is 0. The van der Waals surface area contributed by atoms with Gasteiger partial charge in [-0.2, -0.15) is 5.10 Å². The maximum atomic E-state index is 13.1. The van der Waals surface area contributed by atoms with Gasteiger partial charge >= 0.3 is 5.97 Å². The fraction of sp³-hybridized carbons (Fsp3) is 0.320. The number of aromatic nitrogens is 2. The molecule has 0 saturated heterocycles. The molecule has 3 aromatic rings. The molecule has 1 heterocycles. The maximum absolute atomic E-state index is 13.1. The zero-order chi connectivity index (χ0) is 24.9. The summed E-state index contributed by atoms with van der Waals surface area (Å²) in [5, 5.41) is 27.2. The number of carbonyl (C=O) groups excluding carboxylic acids is 1. The van der Waals surface area contributed by atoms with Gasteiger partial charge in [0, 0.05) is 11.1 Å². The Hall–Kier alpha value is -3.36. The Labute approximate surface area is 203 Å². The normalized spacial score (nSPS) is 13.2. The first kappa shape index (κ1) is 25.3. The van der Waals surface area contributed by atoms with Gasteiger partial charge in [0.2, 0.25) is 5.88 Å². The number of carboxylic acid groups (broad SMARTS) is 1. The Bertz CT molecular complexity index is 1140. The van der Waals surface area contributed by atoms with E-state index in [1.807, 2.05) is 39.0 Å². The molecule has 0 radical (unpaired) electrons. The molecule has 1 aromatic heterocycles. The van der Waals surface area contributed by atoms with Crippen molar-refractivity contribution >= 4 is 23.5 Å². The summed E-state index contributed by atoms with van der Waals surface area (Å²) in [4.78, 5) is 24.5. The van der Waals surface area contributed by atoms with Gasteiger partial charge in [0.15, 0.2) is 5.69 Å². The lowest BCUT2D eigenvalue weighted by atomic mass is 9.90. The molecule has 34 heavy (non-hydrogen) atoms. The molecule has 3 N–H and O–H groups in total. The third-order valence-electron chi connectivity index (χ3n) is 5.26. The fourth-order valence-corrected chi connectivity index (χ4v) is 3.42. The molecule has 0 fully saturated rings. The number of rotatable bonds is 9. The van der Waals surface area contributed by atoms with Crippen molar-refractivity contribution in [2.75, 3.05) is 6.61 Å². The number of benzene rings is 2. The number of amides is 1. The molecule has 180 valence electrons. The van der Waals surface area contributed by atoms with Gasteiger partial charge in [-0.1, -0.05) is 68.8 Å². The van der Waals surface area contributed by atoms with Crippen molar-refractivity contribution in [3.05, 3.63) is 76.9 Å². The number of aliphatic carboxylic acids is 1. The zero-order valence-corrected chi connectivity index (χ0v) is 20.0. The van der Waals surface area contributed by atoms with E-state index in [0.717, 1.165) is 0 Å². The monoisotopic (exact) mass is 485 g/mol. The van der Waals surface area contributed by atoms with Crippen LogP contribution < -0.4 is 10.1 Å². The van der Waals surface area contributed by atoms with Crippen LogP contribution in [0, 0.1) is 5.41 Å². The number of ether oxygens (including phenoxy) is 1. The van der Waals surface area contributed by atoms with Crippen LogP contribution in [0.2, 0.25) is 5.02 Å².